The van der Waals surface area contributed by atoms with E-state index in [-0.39, 0.29) is 12.1 Å². The zero-order valence-corrected chi connectivity index (χ0v) is 10.5. The lowest BCUT2D eigenvalue weighted by Crippen LogP contribution is -2.35. The molecule has 1 N–H and O–H groups in total. The van der Waals surface area contributed by atoms with Gasteiger partial charge in [-0.3, -0.25) is 0 Å². The Morgan fingerprint density at radius 1 is 1.39 bits per heavy atom. The number of hydrogen-bond donors (Lipinski definition) is 1. The number of benzene rings is 1. The van der Waals surface area contributed by atoms with Crippen LogP contribution < -0.4 is 5.32 Å². The van der Waals surface area contributed by atoms with E-state index >= 15 is 0 Å². The van der Waals surface area contributed by atoms with Crippen molar-refractivity contribution in [2.24, 2.45) is 0 Å². The summed E-state index contributed by atoms with van der Waals surface area (Å²) < 4.78 is 31.7. The molecule has 0 spiro atoms. The van der Waals surface area contributed by atoms with Crippen molar-refractivity contribution in [1.29, 1.82) is 0 Å². The first-order valence-electron chi connectivity index (χ1n) is 5.73. The molecule has 1 aliphatic heterocycles. The van der Waals surface area contributed by atoms with Gasteiger partial charge in [-0.1, -0.05) is 0 Å². The summed E-state index contributed by atoms with van der Waals surface area (Å²) >= 11 is 0. The van der Waals surface area contributed by atoms with Gasteiger partial charge in [-0.15, -0.1) is 0 Å². The molecule has 0 saturated heterocycles. The van der Waals surface area contributed by atoms with E-state index in [1.54, 1.807) is 20.8 Å². The van der Waals surface area contributed by atoms with Crippen LogP contribution in [-0.4, -0.2) is 17.6 Å². The second-order valence-electron chi connectivity index (χ2n) is 5.36. The Balaban J connectivity index is 2.15. The van der Waals surface area contributed by atoms with Gasteiger partial charge < -0.3 is 10.1 Å². The fourth-order valence-electron chi connectivity index (χ4n) is 1.91. The summed E-state index contributed by atoms with van der Waals surface area (Å²) in [6.07, 6.45) is 0.235. The quantitative estimate of drug-likeness (QED) is 0.784. The van der Waals surface area contributed by atoms with E-state index in [0.717, 1.165) is 6.07 Å². The monoisotopic (exact) mass is 255 g/mol. The van der Waals surface area contributed by atoms with E-state index in [1.807, 2.05) is 0 Å². The van der Waals surface area contributed by atoms with Crippen LogP contribution in [0.2, 0.25) is 0 Å². The minimum atomic E-state index is -0.684. The summed E-state index contributed by atoms with van der Waals surface area (Å²) in [7, 11) is 0. The minimum absolute atomic E-state index is 0.187. The molecule has 98 valence electrons. The van der Waals surface area contributed by atoms with Gasteiger partial charge in [0.25, 0.3) is 0 Å². The standard InChI is InChI=1S/C13H15F2NO2/c1-13(2,3)18-12(17)10-5-7-4-8(14)6-9(15)11(7)16-10/h4,6,10,16H,5H2,1-3H3/t10-/m1/s1. The number of fused-ring (bicyclic) bond motifs is 1. The third kappa shape index (κ3) is 2.60. The van der Waals surface area contributed by atoms with E-state index in [4.69, 9.17) is 4.74 Å². The molecule has 3 nitrogen and oxygen atoms in total. The van der Waals surface area contributed by atoms with Crippen LogP contribution in [0.15, 0.2) is 12.1 Å². The number of anilines is 1. The number of hydrogen-bond acceptors (Lipinski definition) is 3. The SMILES string of the molecule is CC(C)(C)OC(=O)[C@H]1Cc2cc(F)cc(F)c2N1. The van der Waals surface area contributed by atoms with Crippen molar-refractivity contribution in [2.45, 2.75) is 38.8 Å². The normalized spacial score (nSPS) is 18.2. The number of carbonyl (C=O) groups is 1. The first kappa shape index (κ1) is 12.8. The fraction of sp³-hybridized carbons (Fsp3) is 0.462. The number of halogens is 2. The van der Waals surface area contributed by atoms with Crippen LogP contribution in [0, 0.1) is 11.6 Å². The van der Waals surface area contributed by atoms with Gasteiger partial charge in [-0.25, -0.2) is 13.6 Å². The number of esters is 1. The second kappa shape index (κ2) is 4.23. The molecule has 1 heterocycles. The number of ether oxygens (including phenoxy) is 1. The van der Waals surface area contributed by atoms with E-state index in [1.165, 1.54) is 6.07 Å². The van der Waals surface area contributed by atoms with E-state index < -0.39 is 29.2 Å². The smallest absolute Gasteiger partial charge is 0.329 e. The molecule has 0 unspecified atom stereocenters. The Kier molecular flexibility index (Phi) is 3.00. The highest BCUT2D eigenvalue weighted by Crippen LogP contribution is 2.30. The summed E-state index contributed by atoms with van der Waals surface area (Å²) in [6.45, 7) is 5.27. The van der Waals surface area contributed by atoms with E-state index in [0.29, 0.717) is 5.56 Å². The van der Waals surface area contributed by atoms with Gasteiger partial charge in [0.15, 0.2) is 0 Å². The van der Waals surface area contributed by atoms with Gasteiger partial charge in [0.1, 0.15) is 23.3 Å². The fourth-order valence-corrected chi connectivity index (χ4v) is 1.91. The van der Waals surface area contributed by atoms with Crippen LogP contribution in [-0.2, 0) is 16.0 Å². The number of carbonyl (C=O) groups excluding carboxylic acids is 1. The van der Waals surface area contributed by atoms with Crippen molar-refractivity contribution >= 4 is 11.7 Å². The summed E-state index contributed by atoms with van der Waals surface area (Å²) in [5, 5.41) is 2.74. The summed E-state index contributed by atoms with van der Waals surface area (Å²) in [4.78, 5) is 11.8. The van der Waals surface area contributed by atoms with Crippen LogP contribution in [0.4, 0.5) is 14.5 Å². The van der Waals surface area contributed by atoms with Crippen LogP contribution >= 0.6 is 0 Å². The first-order chi connectivity index (χ1) is 8.26. The van der Waals surface area contributed by atoms with E-state index in [2.05, 4.69) is 5.32 Å². The molecule has 0 fully saturated rings. The molecular weight excluding hydrogens is 240 g/mol. The molecule has 1 aromatic carbocycles. The van der Waals surface area contributed by atoms with Crippen LogP contribution in [0.3, 0.4) is 0 Å². The number of nitrogens with one attached hydrogen (secondary N) is 1. The molecule has 5 heteroatoms. The predicted octanol–water partition coefficient (Wildman–Crippen LogP) is 2.64. The molecule has 1 aromatic rings. The van der Waals surface area contributed by atoms with Crippen molar-refractivity contribution in [2.75, 3.05) is 5.32 Å². The van der Waals surface area contributed by atoms with Crippen LogP contribution in [0.25, 0.3) is 0 Å². The molecule has 0 amide bonds. The second-order valence-corrected chi connectivity index (χ2v) is 5.36. The van der Waals surface area contributed by atoms with Gasteiger partial charge in [0.2, 0.25) is 0 Å². The van der Waals surface area contributed by atoms with Crippen LogP contribution in [0.1, 0.15) is 26.3 Å². The van der Waals surface area contributed by atoms with Crippen molar-refractivity contribution in [1.82, 2.24) is 0 Å². The highest BCUT2D eigenvalue weighted by atomic mass is 19.1. The van der Waals surface area contributed by atoms with Gasteiger partial charge >= 0.3 is 5.97 Å². The highest BCUT2D eigenvalue weighted by Gasteiger charge is 2.32. The largest absolute Gasteiger partial charge is 0.458 e. The first-order valence-corrected chi connectivity index (χ1v) is 5.73. The Hall–Kier alpha value is -1.65. The zero-order valence-electron chi connectivity index (χ0n) is 10.5. The maximum Gasteiger partial charge on any atom is 0.329 e. The van der Waals surface area contributed by atoms with Crippen molar-refractivity contribution in [3.8, 4) is 0 Å². The molecule has 0 radical (unpaired) electrons. The van der Waals surface area contributed by atoms with E-state index in [9.17, 15) is 13.6 Å². The lowest BCUT2D eigenvalue weighted by atomic mass is 10.1. The third-order valence-electron chi connectivity index (χ3n) is 2.57. The van der Waals surface area contributed by atoms with Gasteiger partial charge in [-0.05, 0) is 32.4 Å². The maximum absolute atomic E-state index is 13.5. The average molecular weight is 255 g/mol. The van der Waals surface area contributed by atoms with Crippen molar-refractivity contribution in [3.63, 3.8) is 0 Å². The third-order valence-corrected chi connectivity index (χ3v) is 2.57. The minimum Gasteiger partial charge on any atom is -0.458 e. The number of rotatable bonds is 1. The Labute approximate surface area is 104 Å². The zero-order chi connectivity index (χ0) is 13.5. The Morgan fingerprint density at radius 2 is 2.06 bits per heavy atom. The molecule has 0 aromatic heterocycles. The van der Waals surface area contributed by atoms with Crippen molar-refractivity contribution < 1.29 is 18.3 Å². The lowest BCUT2D eigenvalue weighted by molar-refractivity contribution is -0.155. The van der Waals surface area contributed by atoms with Gasteiger partial charge in [0, 0.05) is 12.5 Å². The van der Waals surface area contributed by atoms with Crippen LogP contribution in [0.5, 0.6) is 0 Å². The topological polar surface area (TPSA) is 38.3 Å². The summed E-state index contributed by atoms with van der Waals surface area (Å²) in [5.74, 6) is -1.78. The summed E-state index contributed by atoms with van der Waals surface area (Å²) in [5.41, 5.74) is 0.0489. The average Bonchev–Trinajstić information content (AvgIpc) is 2.58. The summed E-state index contributed by atoms with van der Waals surface area (Å²) in [6, 6.07) is 1.37. The molecule has 0 aliphatic carbocycles. The molecule has 1 aliphatic rings. The molecule has 0 bridgehead atoms. The lowest BCUT2D eigenvalue weighted by Gasteiger charge is -2.22. The van der Waals surface area contributed by atoms with Gasteiger partial charge in [-0.2, -0.15) is 0 Å². The molecule has 1 atom stereocenters. The Bertz CT molecular complexity index is 494. The Morgan fingerprint density at radius 3 is 2.67 bits per heavy atom. The van der Waals surface area contributed by atoms with Crippen molar-refractivity contribution in [3.05, 3.63) is 29.3 Å². The molecule has 2 rings (SSSR count). The predicted molar refractivity (Wildman–Crippen MR) is 63.3 cm³/mol. The maximum atomic E-state index is 13.5. The molecule has 18 heavy (non-hydrogen) atoms. The highest BCUT2D eigenvalue weighted by molar-refractivity contribution is 5.83. The molecular formula is C13H15F2NO2. The van der Waals surface area contributed by atoms with Gasteiger partial charge in [0.05, 0.1) is 5.69 Å². The molecule has 0 saturated carbocycles.